The number of pyridine rings is 1. The first-order chi connectivity index (χ1) is 9.58. The van der Waals surface area contributed by atoms with E-state index in [4.69, 9.17) is 5.11 Å². The maximum Gasteiger partial charge on any atom is 0.326 e. The van der Waals surface area contributed by atoms with Crippen molar-refractivity contribution >= 4 is 12.0 Å². The summed E-state index contributed by atoms with van der Waals surface area (Å²) in [6.45, 7) is 0.500. The van der Waals surface area contributed by atoms with Crippen LogP contribution in [-0.4, -0.2) is 46.6 Å². The van der Waals surface area contributed by atoms with Gasteiger partial charge in [0.2, 0.25) is 0 Å². The molecule has 1 heterocycles. The Bertz CT molecular complexity index is 474. The zero-order valence-corrected chi connectivity index (χ0v) is 11.5. The summed E-state index contributed by atoms with van der Waals surface area (Å²) in [5.74, 6) is -0.875. The molecule has 6 heteroatoms. The van der Waals surface area contributed by atoms with E-state index in [-0.39, 0.29) is 11.9 Å². The maximum absolute atomic E-state index is 11.9. The van der Waals surface area contributed by atoms with Crippen LogP contribution in [0.3, 0.4) is 0 Å². The summed E-state index contributed by atoms with van der Waals surface area (Å²) in [5, 5.41) is 11.7. The third-order valence-electron chi connectivity index (χ3n) is 3.41. The van der Waals surface area contributed by atoms with Crippen molar-refractivity contribution < 1.29 is 14.7 Å². The van der Waals surface area contributed by atoms with Crippen LogP contribution in [-0.2, 0) is 11.2 Å². The monoisotopic (exact) mass is 277 g/mol. The van der Waals surface area contributed by atoms with Gasteiger partial charge in [0.15, 0.2) is 0 Å². The highest BCUT2D eigenvalue weighted by atomic mass is 16.4. The number of urea groups is 1. The number of carbonyl (C=O) groups excluding carboxylic acids is 1. The molecular formula is C14H19N3O3. The lowest BCUT2D eigenvalue weighted by Gasteiger charge is -2.21. The molecule has 1 fully saturated rings. The highest BCUT2D eigenvalue weighted by Crippen LogP contribution is 2.32. The van der Waals surface area contributed by atoms with Gasteiger partial charge < -0.3 is 15.3 Å². The molecule has 1 aliphatic carbocycles. The van der Waals surface area contributed by atoms with E-state index in [1.807, 2.05) is 18.2 Å². The normalized spacial score (nSPS) is 15.4. The number of carboxylic acid groups (broad SMARTS) is 1. The van der Waals surface area contributed by atoms with Crippen molar-refractivity contribution in [3.05, 3.63) is 30.1 Å². The van der Waals surface area contributed by atoms with Gasteiger partial charge in [-0.15, -0.1) is 0 Å². The quantitative estimate of drug-likeness (QED) is 0.816. The minimum absolute atomic E-state index is 0.0839. The van der Waals surface area contributed by atoms with Crippen LogP contribution in [0.1, 0.15) is 18.5 Å². The maximum atomic E-state index is 11.9. The SMILES string of the molecule is CN(CCc1ccccn1)C(=O)NC(C(=O)O)C1CC1. The fourth-order valence-electron chi connectivity index (χ4n) is 1.98. The third kappa shape index (κ3) is 3.94. The van der Waals surface area contributed by atoms with Crippen molar-refractivity contribution in [1.82, 2.24) is 15.2 Å². The molecule has 2 amide bonds. The molecule has 0 saturated heterocycles. The largest absolute Gasteiger partial charge is 0.480 e. The van der Waals surface area contributed by atoms with Gasteiger partial charge in [-0.1, -0.05) is 6.07 Å². The minimum Gasteiger partial charge on any atom is -0.480 e. The van der Waals surface area contributed by atoms with Crippen molar-refractivity contribution in [1.29, 1.82) is 0 Å². The van der Waals surface area contributed by atoms with E-state index in [1.165, 1.54) is 4.90 Å². The zero-order chi connectivity index (χ0) is 14.5. The van der Waals surface area contributed by atoms with Crippen molar-refractivity contribution in [2.75, 3.05) is 13.6 Å². The van der Waals surface area contributed by atoms with E-state index >= 15 is 0 Å². The third-order valence-corrected chi connectivity index (χ3v) is 3.41. The van der Waals surface area contributed by atoms with Crippen LogP contribution in [0.25, 0.3) is 0 Å². The van der Waals surface area contributed by atoms with Gasteiger partial charge >= 0.3 is 12.0 Å². The highest BCUT2D eigenvalue weighted by molar-refractivity contribution is 5.83. The lowest BCUT2D eigenvalue weighted by molar-refractivity contribution is -0.139. The molecule has 6 nitrogen and oxygen atoms in total. The molecule has 0 bridgehead atoms. The van der Waals surface area contributed by atoms with E-state index in [1.54, 1.807) is 13.2 Å². The number of nitrogens with zero attached hydrogens (tertiary/aromatic N) is 2. The topological polar surface area (TPSA) is 82.5 Å². The fourth-order valence-corrected chi connectivity index (χ4v) is 1.98. The molecule has 1 atom stereocenters. The number of aromatic nitrogens is 1. The second-order valence-corrected chi connectivity index (χ2v) is 5.10. The molecular weight excluding hydrogens is 258 g/mol. The molecule has 1 saturated carbocycles. The summed E-state index contributed by atoms with van der Waals surface area (Å²) < 4.78 is 0. The van der Waals surface area contributed by atoms with Gasteiger partial charge in [-0.2, -0.15) is 0 Å². The molecule has 1 aliphatic rings. The Morgan fingerprint density at radius 1 is 1.50 bits per heavy atom. The van der Waals surface area contributed by atoms with Gasteiger partial charge in [-0.25, -0.2) is 9.59 Å². The van der Waals surface area contributed by atoms with Gasteiger partial charge in [0.1, 0.15) is 6.04 Å². The lowest BCUT2D eigenvalue weighted by atomic mass is 10.2. The van der Waals surface area contributed by atoms with E-state index in [9.17, 15) is 9.59 Å². The van der Waals surface area contributed by atoms with Gasteiger partial charge in [-0.3, -0.25) is 4.98 Å². The fraction of sp³-hybridized carbons (Fsp3) is 0.500. The molecule has 20 heavy (non-hydrogen) atoms. The summed E-state index contributed by atoms with van der Waals surface area (Å²) in [5.41, 5.74) is 0.907. The highest BCUT2D eigenvalue weighted by Gasteiger charge is 2.37. The Labute approximate surface area is 117 Å². The van der Waals surface area contributed by atoms with Crippen LogP contribution in [0.15, 0.2) is 24.4 Å². The van der Waals surface area contributed by atoms with Crippen LogP contribution in [0.5, 0.6) is 0 Å². The standard InChI is InChI=1S/C14H19N3O3/c1-17(9-7-11-4-2-3-8-15-11)14(20)16-12(13(18)19)10-5-6-10/h2-4,8,10,12H,5-7,9H2,1H3,(H,16,20)(H,18,19). The molecule has 108 valence electrons. The Kier molecular flexibility index (Phi) is 4.55. The first-order valence-corrected chi connectivity index (χ1v) is 6.72. The van der Waals surface area contributed by atoms with Gasteiger partial charge in [0, 0.05) is 31.9 Å². The number of amides is 2. The van der Waals surface area contributed by atoms with Crippen molar-refractivity contribution in [2.45, 2.75) is 25.3 Å². The van der Waals surface area contributed by atoms with Crippen LogP contribution >= 0.6 is 0 Å². The number of likely N-dealkylation sites (N-methyl/N-ethyl adjacent to an activating group) is 1. The Morgan fingerprint density at radius 3 is 2.80 bits per heavy atom. The molecule has 2 N–H and O–H groups in total. The summed E-state index contributed by atoms with van der Waals surface area (Å²) in [6.07, 6.45) is 4.10. The summed E-state index contributed by atoms with van der Waals surface area (Å²) >= 11 is 0. The molecule has 0 radical (unpaired) electrons. The van der Waals surface area contributed by atoms with E-state index in [0.29, 0.717) is 13.0 Å². The van der Waals surface area contributed by atoms with Crippen LogP contribution < -0.4 is 5.32 Å². The number of carbonyl (C=O) groups is 2. The smallest absolute Gasteiger partial charge is 0.326 e. The Hall–Kier alpha value is -2.11. The van der Waals surface area contributed by atoms with Crippen LogP contribution in [0.2, 0.25) is 0 Å². The number of nitrogens with one attached hydrogen (secondary N) is 1. The molecule has 1 aromatic heterocycles. The van der Waals surface area contributed by atoms with Crippen LogP contribution in [0, 0.1) is 5.92 Å². The predicted octanol–water partition coefficient (Wildman–Crippen LogP) is 1.13. The minimum atomic E-state index is -0.959. The number of carboxylic acids is 1. The molecule has 0 aliphatic heterocycles. The number of hydrogen-bond acceptors (Lipinski definition) is 3. The molecule has 2 rings (SSSR count). The van der Waals surface area contributed by atoms with Crippen molar-refractivity contribution in [3.63, 3.8) is 0 Å². The first kappa shape index (κ1) is 14.3. The van der Waals surface area contributed by atoms with E-state index in [2.05, 4.69) is 10.3 Å². The van der Waals surface area contributed by atoms with E-state index in [0.717, 1.165) is 18.5 Å². The van der Waals surface area contributed by atoms with Crippen LogP contribution in [0.4, 0.5) is 4.79 Å². The zero-order valence-electron chi connectivity index (χ0n) is 11.5. The predicted molar refractivity (Wildman–Crippen MR) is 73.3 cm³/mol. The molecule has 1 aromatic rings. The number of aliphatic carboxylic acids is 1. The molecule has 1 unspecified atom stereocenters. The average molecular weight is 277 g/mol. The second kappa shape index (κ2) is 6.36. The van der Waals surface area contributed by atoms with Crippen molar-refractivity contribution in [3.8, 4) is 0 Å². The van der Waals surface area contributed by atoms with Gasteiger partial charge in [0.25, 0.3) is 0 Å². The summed E-state index contributed by atoms with van der Waals surface area (Å²) in [4.78, 5) is 28.7. The van der Waals surface area contributed by atoms with Crippen molar-refractivity contribution in [2.24, 2.45) is 5.92 Å². The van der Waals surface area contributed by atoms with Gasteiger partial charge in [-0.05, 0) is 30.9 Å². The average Bonchev–Trinajstić information content (AvgIpc) is 3.27. The molecule has 0 spiro atoms. The first-order valence-electron chi connectivity index (χ1n) is 6.72. The molecule has 0 aromatic carbocycles. The second-order valence-electron chi connectivity index (χ2n) is 5.10. The number of rotatable bonds is 6. The Morgan fingerprint density at radius 2 is 2.25 bits per heavy atom. The lowest BCUT2D eigenvalue weighted by Crippen LogP contribution is -2.48. The van der Waals surface area contributed by atoms with Gasteiger partial charge in [0.05, 0.1) is 0 Å². The summed E-state index contributed by atoms with van der Waals surface area (Å²) in [6, 6.07) is 4.53. The summed E-state index contributed by atoms with van der Waals surface area (Å²) in [7, 11) is 1.66. The van der Waals surface area contributed by atoms with E-state index < -0.39 is 12.0 Å². The number of hydrogen-bond donors (Lipinski definition) is 2. The Balaban J connectivity index is 1.81.